The van der Waals surface area contributed by atoms with Crippen molar-refractivity contribution in [3.05, 3.63) is 29.6 Å². The zero-order chi connectivity index (χ0) is 10.6. The van der Waals surface area contributed by atoms with Crippen LogP contribution in [0.4, 0.5) is 0 Å². The van der Waals surface area contributed by atoms with Crippen molar-refractivity contribution >= 4 is 11.7 Å². The van der Waals surface area contributed by atoms with Gasteiger partial charge in [0.25, 0.3) is 0 Å². The van der Waals surface area contributed by atoms with Crippen molar-refractivity contribution in [2.75, 3.05) is 13.7 Å². The highest BCUT2D eigenvalue weighted by molar-refractivity contribution is 5.99. The van der Waals surface area contributed by atoms with Crippen LogP contribution in [-0.4, -0.2) is 35.5 Å². The molecule has 0 saturated heterocycles. The largest absolute Gasteiger partial charge is 0.478 e. The van der Waals surface area contributed by atoms with Gasteiger partial charge in [0.05, 0.1) is 23.6 Å². The Morgan fingerprint density at radius 1 is 1.71 bits per heavy atom. The van der Waals surface area contributed by atoms with Gasteiger partial charge in [0.15, 0.2) is 0 Å². The summed E-state index contributed by atoms with van der Waals surface area (Å²) in [6.07, 6.45) is 1.36. The zero-order valence-corrected chi connectivity index (χ0v) is 7.65. The Hall–Kier alpha value is -1.75. The van der Waals surface area contributed by atoms with E-state index in [1.165, 1.54) is 25.4 Å². The van der Waals surface area contributed by atoms with E-state index in [4.69, 9.17) is 15.3 Å². The fourth-order valence-corrected chi connectivity index (χ4v) is 0.947. The molecule has 74 valence electrons. The van der Waals surface area contributed by atoms with Crippen molar-refractivity contribution in [3.63, 3.8) is 0 Å². The first-order chi connectivity index (χ1) is 6.65. The van der Waals surface area contributed by atoms with E-state index >= 15 is 0 Å². The minimum Gasteiger partial charge on any atom is -0.478 e. The molecule has 0 spiro atoms. The lowest BCUT2D eigenvalue weighted by atomic mass is 10.2. The van der Waals surface area contributed by atoms with Crippen molar-refractivity contribution in [2.24, 2.45) is 0 Å². The van der Waals surface area contributed by atoms with Gasteiger partial charge in [0.1, 0.15) is 0 Å². The van der Waals surface area contributed by atoms with Gasteiger partial charge in [0.2, 0.25) is 0 Å². The van der Waals surface area contributed by atoms with Gasteiger partial charge >= 0.3 is 5.97 Å². The third-order valence-electron chi connectivity index (χ3n) is 1.60. The number of carboxylic acids is 1. The Morgan fingerprint density at radius 2 is 2.43 bits per heavy atom. The standard InChI is InChI=1S/C9H10N2O3/c1-14-5-7(10)8-4-6(9(12)13)2-3-11-8/h2-4,10H,5H2,1H3,(H,12,13). The molecule has 5 nitrogen and oxygen atoms in total. The van der Waals surface area contributed by atoms with Crippen molar-refractivity contribution < 1.29 is 14.6 Å². The molecule has 0 aliphatic carbocycles. The smallest absolute Gasteiger partial charge is 0.335 e. The Morgan fingerprint density at radius 3 is 3.00 bits per heavy atom. The minimum atomic E-state index is -1.03. The van der Waals surface area contributed by atoms with Crippen LogP contribution in [0.3, 0.4) is 0 Å². The number of carboxylic acid groups (broad SMARTS) is 1. The molecule has 0 fully saturated rings. The molecule has 0 unspecified atom stereocenters. The van der Waals surface area contributed by atoms with E-state index in [1.54, 1.807) is 0 Å². The highest BCUT2D eigenvalue weighted by Gasteiger charge is 2.07. The van der Waals surface area contributed by atoms with Crippen molar-refractivity contribution in [2.45, 2.75) is 0 Å². The van der Waals surface area contributed by atoms with Gasteiger partial charge in [-0.25, -0.2) is 4.79 Å². The first-order valence-corrected chi connectivity index (χ1v) is 3.91. The summed E-state index contributed by atoms with van der Waals surface area (Å²) in [5, 5.41) is 16.2. The molecular weight excluding hydrogens is 184 g/mol. The van der Waals surface area contributed by atoms with E-state index in [1.807, 2.05) is 0 Å². The number of aromatic nitrogens is 1. The Balaban J connectivity index is 2.93. The first kappa shape index (κ1) is 10.3. The molecule has 0 saturated carbocycles. The lowest BCUT2D eigenvalue weighted by Crippen LogP contribution is -2.10. The number of hydrogen-bond acceptors (Lipinski definition) is 4. The molecule has 2 N–H and O–H groups in total. The number of aromatic carboxylic acids is 1. The average Bonchev–Trinajstić information content (AvgIpc) is 2.18. The Kier molecular flexibility index (Phi) is 3.30. The van der Waals surface area contributed by atoms with Crippen LogP contribution >= 0.6 is 0 Å². The van der Waals surface area contributed by atoms with E-state index < -0.39 is 5.97 Å². The quantitative estimate of drug-likeness (QED) is 0.694. The highest BCUT2D eigenvalue weighted by atomic mass is 16.5. The monoisotopic (exact) mass is 194 g/mol. The molecule has 0 amide bonds. The minimum absolute atomic E-state index is 0.121. The highest BCUT2D eigenvalue weighted by Crippen LogP contribution is 2.02. The van der Waals surface area contributed by atoms with Crippen LogP contribution in [0.5, 0.6) is 0 Å². The van der Waals surface area contributed by atoms with E-state index in [9.17, 15) is 4.79 Å². The maximum Gasteiger partial charge on any atom is 0.335 e. The second-order valence-corrected chi connectivity index (χ2v) is 2.65. The zero-order valence-electron chi connectivity index (χ0n) is 7.65. The molecule has 0 bridgehead atoms. The van der Waals surface area contributed by atoms with Crippen LogP contribution in [-0.2, 0) is 4.74 Å². The van der Waals surface area contributed by atoms with Crippen LogP contribution in [0.2, 0.25) is 0 Å². The van der Waals surface area contributed by atoms with Crippen LogP contribution in [0.15, 0.2) is 18.3 Å². The number of rotatable bonds is 4. The average molecular weight is 194 g/mol. The van der Waals surface area contributed by atoms with Crippen LogP contribution in [0.25, 0.3) is 0 Å². The molecule has 5 heteroatoms. The van der Waals surface area contributed by atoms with Crippen molar-refractivity contribution in [3.8, 4) is 0 Å². The topological polar surface area (TPSA) is 83.3 Å². The second kappa shape index (κ2) is 4.48. The van der Waals surface area contributed by atoms with Gasteiger partial charge in [-0.15, -0.1) is 0 Å². The molecular formula is C9H10N2O3. The predicted octanol–water partition coefficient (Wildman–Crippen LogP) is 0.794. The molecule has 1 aromatic heterocycles. The number of hydrogen-bond donors (Lipinski definition) is 2. The lowest BCUT2D eigenvalue weighted by molar-refractivity contribution is 0.0696. The van der Waals surface area contributed by atoms with E-state index in [-0.39, 0.29) is 17.9 Å². The van der Waals surface area contributed by atoms with E-state index in [2.05, 4.69) is 4.98 Å². The number of carbonyl (C=O) groups is 1. The first-order valence-electron chi connectivity index (χ1n) is 3.91. The molecule has 0 aromatic carbocycles. The number of nitrogens with zero attached hydrogens (tertiary/aromatic N) is 1. The maximum atomic E-state index is 10.6. The molecule has 1 aromatic rings. The lowest BCUT2D eigenvalue weighted by Gasteiger charge is -2.02. The molecule has 0 radical (unpaired) electrons. The maximum absolute atomic E-state index is 10.6. The summed E-state index contributed by atoms with van der Waals surface area (Å²) >= 11 is 0. The molecule has 1 heterocycles. The third kappa shape index (κ3) is 2.37. The van der Waals surface area contributed by atoms with Gasteiger partial charge in [0, 0.05) is 13.3 Å². The summed E-state index contributed by atoms with van der Waals surface area (Å²) in [6, 6.07) is 2.73. The number of methoxy groups -OCH3 is 1. The summed E-state index contributed by atoms with van der Waals surface area (Å²) in [4.78, 5) is 14.5. The normalized spacial score (nSPS) is 9.79. The van der Waals surface area contributed by atoms with Crippen molar-refractivity contribution in [1.82, 2.24) is 4.98 Å². The predicted molar refractivity (Wildman–Crippen MR) is 49.9 cm³/mol. The van der Waals surface area contributed by atoms with E-state index in [0.29, 0.717) is 5.69 Å². The van der Waals surface area contributed by atoms with Crippen LogP contribution < -0.4 is 0 Å². The summed E-state index contributed by atoms with van der Waals surface area (Å²) in [5.41, 5.74) is 0.609. The molecule has 0 aliphatic heterocycles. The number of ether oxygens (including phenoxy) is 1. The summed E-state index contributed by atoms with van der Waals surface area (Å²) in [7, 11) is 1.47. The van der Waals surface area contributed by atoms with Crippen LogP contribution in [0.1, 0.15) is 16.1 Å². The van der Waals surface area contributed by atoms with Crippen LogP contribution in [0, 0.1) is 5.41 Å². The number of nitrogens with one attached hydrogen (secondary N) is 1. The van der Waals surface area contributed by atoms with Crippen molar-refractivity contribution in [1.29, 1.82) is 5.41 Å². The molecule has 0 atom stereocenters. The molecule has 14 heavy (non-hydrogen) atoms. The Bertz CT molecular complexity index is 363. The fourth-order valence-electron chi connectivity index (χ4n) is 0.947. The second-order valence-electron chi connectivity index (χ2n) is 2.65. The Labute approximate surface area is 80.9 Å². The van der Waals surface area contributed by atoms with Gasteiger partial charge in [-0.3, -0.25) is 4.98 Å². The van der Waals surface area contributed by atoms with Gasteiger partial charge in [-0.1, -0.05) is 0 Å². The SMILES string of the molecule is COCC(=N)c1cc(C(=O)O)ccn1. The third-order valence-corrected chi connectivity index (χ3v) is 1.60. The molecule has 0 aliphatic rings. The summed E-state index contributed by atoms with van der Waals surface area (Å²) in [6.45, 7) is 0.121. The summed E-state index contributed by atoms with van der Waals surface area (Å²) < 4.78 is 4.75. The van der Waals surface area contributed by atoms with Gasteiger partial charge < -0.3 is 15.3 Å². The summed E-state index contributed by atoms with van der Waals surface area (Å²) in [5.74, 6) is -1.03. The fraction of sp³-hybridized carbons (Fsp3) is 0.222. The molecule has 1 rings (SSSR count). The van der Waals surface area contributed by atoms with Gasteiger partial charge in [-0.05, 0) is 12.1 Å². The van der Waals surface area contributed by atoms with E-state index in [0.717, 1.165) is 0 Å². The van der Waals surface area contributed by atoms with Gasteiger partial charge in [-0.2, -0.15) is 0 Å². The number of pyridine rings is 1.